The van der Waals surface area contributed by atoms with Crippen molar-refractivity contribution in [2.45, 2.75) is 4.90 Å². The Hall–Kier alpha value is -2.81. The zero-order valence-corrected chi connectivity index (χ0v) is 11.4. The van der Waals surface area contributed by atoms with Crippen LogP contribution in [0.4, 0.5) is 5.69 Å². The lowest BCUT2D eigenvalue weighted by Gasteiger charge is -2.02. The number of hydrogen-bond acceptors (Lipinski definition) is 6. The molecule has 1 heterocycles. The van der Waals surface area contributed by atoms with Crippen molar-refractivity contribution < 1.29 is 13.3 Å². The Morgan fingerprint density at radius 1 is 1.24 bits per heavy atom. The van der Waals surface area contributed by atoms with E-state index < -0.39 is 14.9 Å². The molecule has 8 nitrogen and oxygen atoms in total. The van der Waals surface area contributed by atoms with Crippen LogP contribution in [-0.2, 0) is 10.0 Å². The van der Waals surface area contributed by atoms with Crippen molar-refractivity contribution in [2.75, 3.05) is 0 Å². The van der Waals surface area contributed by atoms with Crippen LogP contribution < -0.4 is 4.83 Å². The lowest BCUT2D eigenvalue weighted by atomic mass is 10.3. The van der Waals surface area contributed by atoms with E-state index in [2.05, 4.69) is 10.1 Å². The van der Waals surface area contributed by atoms with E-state index in [1.54, 1.807) is 18.2 Å². The average molecular weight is 306 g/mol. The molecule has 0 fully saturated rings. The Balaban J connectivity index is 2.17. The number of hydrogen-bond donors (Lipinski definition) is 1. The van der Waals surface area contributed by atoms with Gasteiger partial charge in [-0.3, -0.25) is 15.1 Å². The molecule has 0 amide bonds. The van der Waals surface area contributed by atoms with Crippen LogP contribution in [0.2, 0.25) is 0 Å². The van der Waals surface area contributed by atoms with Crippen LogP contribution in [0.25, 0.3) is 0 Å². The van der Waals surface area contributed by atoms with Gasteiger partial charge in [-0.2, -0.15) is 18.4 Å². The summed E-state index contributed by atoms with van der Waals surface area (Å²) in [6, 6.07) is 9.77. The van der Waals surface area contributed by atoms with Gasteiger partial charge in [0, 0.05) is 18.3 Å². The maximum Gasteiger partial charge on any atom is 0.276 e. The third-order valence-corrected chi connectivity index (χ3v) is 3.62. The van der Waals surface area contributed by atoms with Crippen molar-refractivity contribution in [3.05, 3.63) is 64.5 Å². The molecule has 0 spiro atoms. The second-order valence-corrected chi connectivity index (χ2v) is 5.52. The molecule has 0 saturated carbocycles. The van der Waals surface area contributed by atoms with Gasteiger partial charge in [0.1, 0.15) is 0 Å². The van der Waals surface area contributed by atoms with Gasteiger partial charge in [-0.1, -0.05) is 12.1 Å². The molecular formula is C12H10N4O4S. The highest BCUT2D eigenvalue weighted by Gasteiger charge is 2.16. The van der Waals surface area contributed by atoms with Crippen LogP contribution in [0.15, 0.2) is 58.7 Å². The smallest absolute Gasteiger partial charge is 0.258 e. The van der Waals surface area contributed by atoms with Gasteiger partial charge in [0.05, 0.1) is 21.7 Å². The maximum absolute atomic E-state index is 11.9. The Morgan fingerprint density at radius 3 is 2.71 bits per heavy atom. The molecule has 0 unspecified atom stereocenters. The minimum absolute atomic E-state index is 0.241. The molecule has 1 aromatic heterocycles. The molecule has 2 aromatic rings. The number of non-ortho nitro benzene ring substituents is 1. The number of nitrogens with zero attached hydrogens (tertiary/aromatic N) is 3. The van der Waals surface area contributed by atoms with Crippen molar-refractivity contribution in [2.24, 2.45) is 5.10 Å². The van der Waals surface area contributed by atoms with Crippen LogP contribution in [0.1, 0.15) is 5.69 Å². The predicted octanol–water partition coefficient (Wildman–Crippen LogP) is 1.30. The van der Waals surface area contributed by atoms with Gasteiger partial charge in [0.15, 0.2) is 0 Å². The summed E-state index contributed by atoms with van der Waals surface area (Å²) < 4.78 is 23.9. The first kappa shape index (κ1) is 14.6. The molecule has 0 aliphatic carbocycles. The highest BCUT2D eigenvalue weighted by Crippen LogP contribution is 2.16. The lowest BCUT2D eigenvalue weighted by Crippen LogP contribution is -2.18. The summed E-state index contributed by atoms with van der Waals surface area (Å²) in [7, 11) is -3.97. The van der Waals surface area contributed by atoms with Crippen LogP contribution in [0.3, 0.4) is 0 Å². The summed E-state index contributed by atoms with van der Waals surface area (Å²) in [5.41, 5.74) is 0.158. The summed E-state index contributed by atoms with van der Waals surface area (Å²) >= 11 is 0. The number of benzene rings is 1. The molecule has 108 valence electrons. The van der Waals surface area contributed by atoms with Crippen molar-refractivity contribution >= 4 is 21.9 Å². The van der Waals surface area contributed by atoms with Gasteiger partial charge in [-0.25, -0.2) is 0 Å². The zero-order chi connectivity index (χ0) is 15.3. The molecule has 0 radical (unpaired) electrons. The fraction of sp³-hybridized carbons (Fsp3) is 0. The molecule has 0 bridgehead atoms. The highest BCUT2D eigenvalue weighted by molar-refractivity contribution is 7.89. The Morgan fingerprint density at radius 2 is 2.05 bits per heavy atom. The standard InChI is InChI=1S/C12H10N4O4S/c17-16(18)11-5-3-6-12(8-11)21(19,20)15-14-9-10-4-1-2-7-13-10/h1-9,15H/b14-9+. The fourth-order valence-electron chi connectivity index (χ4n) is 1.43. The predicted molar refractivity (Wildman–Crippen MR) is 75.2 cm³/mol. The molecule has 21 heavy (non-hydrogen) atoms. The number of sulfonamides is 1. The van der Waals surface area contributed by atoms with E-state index in [1.165, 1.54) is 30.6 Å². The molecule has 1 N–H and O–H groups in total. The minimum atomic E-state index is -3.97. The van der Waals surface area contributed by atoms with Gasteiger partial charge in [-0.05, 0) is 18.2 Å². The van der Waals surface area contributed by atoms with Crippen LogP contribution in [0.5, 0.6) is 0 Å². The van der Waals surface area contributed by atoms with E-state index >= 15 is 0 Å². The normalized spacial score (nSPS) is 11.4. The number of nitro benzene ring substituents is 1. The van der Waals surface area contributed by atoms with E-state index in [0.29, 0.717) is 5.69 Å². The van der Waals surface area contributed by atoms with Gasteiger partial charge in [0.25, 0.3) is 15.7 Å². The number of aromatic nitrogens is 1. The summed E-state index contributed by atoms with van der Waals surface area (Å²) in [6.07, 6.45) is 2.77. The first-order chi connectivity index (χ1) is 9.99. The lowest BCUT2D eigenvalue weighted by molar-refractivity contribution is -0.385. The summed E-state index contributed by atoms with van der Waals surface area (Å²) in [5.74, 6) is 0. The second-order valence-electron chi connectivity index (χ2n) is 3.86. The first-order valence-corrected chi connectivity index (χ1v) is 7.18. The van der Waals surface area contributed by atoms with Gasteiger partial charge in [0.2, 0.25) is 0 Å². The van der Waals surface area contributed by atoms with Crippen molar-refractivity contribution in [3.8, 4) is 0 Å². The Bertz CT molecular complexity index is 775. The molecule has 1 aromatic carbocycles. The number of nitro groups is 1. The molecular weight excluding hydrogens is 296 g/mol. The van der Waals surface area contributed by atoms with Crippen molar-refractivity contribution in [3.63, 3.8) is 0 Å². The topological polar surface area (TPSA) is 115 Å². The maximum atomic E-state index is 11.9. The second kappa shape index (κ2) is 6.09. The molecule has 0 saturated heterocycles. The SMILES string of the molecule is O=[N+]([O-])c1cccc(S(=O)(=O)N/N=C/c2ccccn2)c1. The minimum Gasteiger partial charge on any atom is -0.258 e. The van der Waals surface area contributed by atoms with E-state index in [4.69, 9.17) is 0 Å². The van der Waals surface area contributed by atoms with Crippen molar-refractivity contribution in [1.82, 2.24) is 9.82 Å². The molecule has 0 aliphatic rings. The number of hydrazone groups is 1. The highest BCUT2D eigenvalue weighted by atomic mass is 32.2. The fourth-order valence-corrected chi connectivity index (χ4v) is 2.26. The zero-order valence-electron chi connectivity index (χ0n) is 10.6. The summed E-state index contributed by atoms with van der Waals surface area (Å²) in [6.45, 7) is 0. The van der Waals surface area contributed by atoms with Crippen LogP contribution in [-0.4, -0.2) is 24.5 Å². The Labute approximate surface area is 120 Å². The largest absolute Gasteiger partial charge is 0.276 e. The summed E-state index contributed by atoms with van der Waals surface area (Å²) in [4.78, 5) is 15.6. The molecule has 0 aliphatic heterocycles. The summed E-state index contributed by atoms with van der Waals surface area (Å²) in [5, 5.41) is 14.2. The van der Waals surface area contributed by atoms with Gasteiger partial charge in [-0.15, -0.1) is 0 Å². The quantitative estimate of drug-likeness (QED) is 0.508. The number of nitrogens with one attached hydrogen (secondary N) is 1. The number of rotatable bonds is 5. The number of pyridine rings is 1. The third kappa shape index (κ3) is 3.83. The molecule has 2 rings (SSSR count). The first-order valence-electron chi connectivity index (χ1n) is 5.69. The van der Waals surface area contributed by atoms with Crippen LogP contribution in [0, 0.1) is 10.1 Å². The van der Waals surface area contributed by atoms with Crippen LogP contribution >= 0.6 is 0 Å². The molecule has 9 heteroatoms. The Kier molecular flexibility index (Phi) is 4.24. The van der Waals surface area contributed by atoms with Gasteiger partial charge >= 0.3 is 0 Å². The average Bonchev–Trinajstić information content (AvgIpc) is 2.48. The van der Waals surface area contributed by atoms with Crippen molar-refractivity contribution in [1.29, 1.82) is 0 Å². The van der Waals surface area contributed by atoms with Gasteiger partial charge < -0.3 is 0 Å². The van der Waals surface area contributed by atoms with E-state index in [0.717, 1.165) is 6.07 Å². The third-order valence-electron chi connectivity index (χ3n) is 2.40. The van der Waals surface area contributed by atoms with E-state index in [1.807, 2.05) is 4.83 Å². The van der Waals surface area contributed by atoms with E-state index in [9.17, 15) is 18.5 Å². The monoisotopic (exact) mass is 306 g/mol. The molecule has 0 atom stereocenters. The van der Waals surface area contributed by atoms with E-state index in [-0.39, 0.29) is 10.6 Å².